The van der Waals surface area contributed by atoms with Gasteiger partial charge in [-0.15, -0.1) is 0 Å². The molecule has 2 aliphatic heterocycles. The predicted molar refractivity (Wildman–Crippen MR) is 85.6 cm³/mol. The molecule has 2 aliphatic rings. The first kappa shape index (κ1) is 14.4. The molecular weight excluding hydrogens is 316 g/mol. The highest BCUT2D eigenvalue weighted by Crippen LogP contribution is 2.41. The Morgan fingerprint density at radius 3 is 2.80 bits per heavy atom. The standard InChI is InChI=1S/C16H23BrN2O/c1-16(2)11-13-9-12(10-14(17)15(13)20-16)3-6-19-7-4-18-5-8-19/h9-10,18H,3-8,11H2,1-2H3. The largest absolute Gasteiger partial charge is 0.486 e. The van der Waals surface area contributed by atoms with Crippen molar-refractivity contribution in [2.75, 3.05) is 32.7 Å². The molecule has 110 valence electrons. The van der Waals surface area contributed by atoms with Gasteiger partial charge in [-0.3, -0.25) is 0 Å². The lowest BCUT2D eigenvalue weighted by Gasteiger charge is -2.27. The Kier molecular flexibility index (Phi) is 4.07. The summed E-state index contributed by atoms with van der Waals surface area (Å²) in [7, 11) is 0. The molecule has 4 heteroatoms. The van der Waals surface area contributed by atoms with E-state index in [4.69, 9.17) is 4.74 Å². The molecule has 0 aromatic heterocycles. The average molecular weight is 339 g/mol. The van der Waals surface area contributed by atoms with Crippen LogP contribution in [-0.4, -0.2) is 43.2 Å². The van der Waals surface area contributed by atoms with Crippen molar-refractivity contribution in [2.24, 2.45) is 0 Å². The van der Waals surface area contributed by atoms with Gasteiger partial charge in [0.2, 0.25) is 0 Å². The number of hydrogen-bond acceptors (Lipinski definition) is 3. The van der Waals surface area contributed by atoms with Crippen LogP contribution in [0.25, 0.3) is 0 Å². The van der Waals surface area contributed by atoms with Crippen LogP contribution in [0.2, 0.25) is 0 Å². The van der Waals surface area contributed by atoms with Crippen molar-refractivity contribution in [3.8, 4) is 5.75 Å². The zero-order chi connectivity index (χ0) is 14.2. The molecule has 0 bridgehead atoms. The predicted octanol–water partition coefficient (Wildman–Crippen LogP) is 2.61. The molecule has 20 heavy (non-hydrogen) atoms. The minimum Gasteiger partial charge on any atom is -0.486 e. The second-order valence-electron chi connectivity index (χ2n) is 6.45. The van der Waals surface area contributed by atoms with Crippen LogP contribution in [0.3, 0.4) is 0 Å². The summed E-state index contributed by atoms with van der Waals surface area (Å²) in [5.74, 6) is 1.04. The van der Waals surface area contributed by atoms with Gasteiger partial charge in [0.05, 0.1) is 4.47 Å². The van der Waals surface area contributed by atoms with Gasteiger partial charge < -0.3 is 15.0 Å². The van der Waals surface area contributed by atoms with Crippen LogP contribution in [0.15, 0.2) is 16.6 Å². The quantitative estimate of drug-likeness (QED) is 0.916. The van der Waals surface area contributed by atoms with Crippen molar-refractivity contribution in [3.63, 3.8) is 0 Å². The van der Waals surface area contributed by atoms with E-state index in [1.165, 1.54) is 24.2 Å². The Morgan fingerprint density at radius 2 is 2.05 bits per heavy atom. The highest BCUT2D eigenvalue weighted by Gasteiger charge is 2.31. The summed E-state index contributed by atoms with van der Waals surface area (Å²) in [6.45, 7) is 10.0. The summed E-state index contributed by atoms with van der Waals surface area (Å²) in [6.07, 6.45) is 2.12. The molecule has 0 atom stereocenters. The molecule has 0 aliphatic carbocycles. The van der Waals surface area contributed by atoms with E-state index in [-0.39, 0.29) is 5.60 Å². The molecule has 0 radical (unpaired) electrons. The second-order valence-corrected chi connectivity index (χ2v) is 7.30. The summed E-state index contributed by atoms with van der Waals surface area (Å²) >= 11 is 3.67. The fraction of sp³-hybridized carbons (Fsp3) is 0.625. The maximum absolute atomic E-state index is 6.01. The Morgan fingerprint density at radius 1 is 1.30 bits per heavy atom. The second kappa shape index (κ2) is 5.66. The maximum Gasteiger partial charge on any atom is 0.137 e. The molecule has 0 saturated carbocycles. The first-order valence-corrected chi connectivity index (χ1v) is 8.26. The zero-order valence-corrected chi connectivity index (χ0v) is 13.9. The summed E-state index contributed by atoms with van der Waals surface area (Å²) in [5, 5.41) is 3.40. The van der Waals surface area contributed by atoms with Gasteiger partial charge in [-0.1, -0.05) is 6.07 Å². The monoisotopic (exact) mass is 338 g/mol. The van der Waals surface area contributed by atoms with Gasteiger partial charge in [0.15, 0.2) is 0 Å². The molecule has 3 nitrogen and oxygen atoms in total. The van der Waals surface area contributed by atoms with Crippen molar-refractivity contribution in [3.05, 3.63) is 27.7 Å². The fourth-order valence-corrected chi connectivity index (χ4v) is 3.73. The van der Waals surface area contributed by atoms with Crippen LogP contribution in [0, 0.1) is 0 Å². The van der Waals surface area contributed by atoms with E-state index in [9.17, 15) is 0 Å². The van der Waals surface area contributed by atoms with E-state index < -0.39 is 0 Å². The smallest absolute Gasteiger partial charge is 0.137 e. The normalized spacial score (nSPS) is 21.6. The van der Waals surface area contributed by atoms with Crippen LogP contribution < -0.4 is 10.1 Å². The van der Waals surface area contributed by atoms with Crippen molar-refractivity contribution in [1.29, 1.82) is 0 Å². The molecule has 1 aromatic rings. The molecule has 0 spiro atoms. The third kappa shape index (κ3) is 3.18. The number of hydrogen-bond donors (Lipinski definition) is 1. The summed E-state index contributed by atoms with van der Waals surface area (Å²) in [5.41, 5.74) is 2.69. The van der Waals surface area contributed by atoms with Crippen LogP contribution in [-0.2, 0) is 12.8 Å². The van der Waals surface area contributed by atoms with Gasteiger partial charge in [0, 0.05) is 39.1 Å². The molecule has 1 fully saturated rings. The lowest BCUT2D eigenvalue weighted by atomic mass is 9.99. The molecule has 3 rings (SSSR count). The number of benzene rings is 1. The minimum atomic E-state index is -0.0674. The number of ether oxygens (including phenoxy) is 1. The van der Waals surface area contributed by atoms with Gasteiger partial charge in [-0.2, -0.15) is 0 Å². The van der Waals surface area contributed by atoms with Gasteiger partial charge in [0.1, 0.15) is 11.4 Å². The molecular formula is C16H23BrN2O. The number of nitrogens with one attached hydrogen (secondary N) is 1. The van der Waals surface area contributed by atoms with Crippen LogP contribution >= 0.6 is 15.9 Å². The number of piperazine rings is 1. The van der Waals surface area contributed by atoms with Gasteiger partial charge >= 0.3 is 0 Å². The van der Waals surface area contributed by atoms with Gasteiger partial charge in [-0.05, 0) is 53.4 Å². The number of fused-ring (bicyclic) bond motifs is 1. The van der Waals surface area contributed by atoms with E-state index in [2.05, 4.69) is 52.1 Å². The van der Waals surface area contributed by atoms with Crippen LogP contribution in [0.1, 0.15) is 25.0 Å². The summed E-state index contributed by atoms with van der Waals surface area (Å²) < 4.78 is 7.12. The zero-order valence-electron chi connectivity index (χ0n) is 12.3. The SMILES string of the molecule is CC1(C)Cc2cc(CCN3CCNCC3)cc(Br)c2O1. The Labute approximate surface area is 129 Å². The van der Waals surface area contributed by atoms with E-state index >= 15 is 0 Å². The Bertz CT molecular complexity index is 495. The third-order valence-corrected chi connectivity index (χ3v) is 4.69. The van der Waals surface area contributed by atoms with Crippen molar-refractivity contribution < 1.29 is 4.74 Å². The number of nitrogens with zero attached hydrogens (tertiary/aromatic N) is 1. The first-order chi connectivity index (χ1) is 9.53. The molecule has 1 saturated heterocycles. The lowest BCUT2D eigenvalue weighted by Crippen LogP contribution is -2.44. The minimum absolute atomic E-state index is 0.0674. The third-order valence-electron chi connectivity index (χ3n) is 4.10. The summed E-state index contributed by atoms with van der Waals surface area (Å²) in [4.78, 5) is 2.54. The molecule has 0 amide bonds. The van der Waals surface area contributed by atoms with Crippen molar-refractivity contribution >= 4 is 15.9 Å². The molecule has 2 heterocycles. The van der Waals surface area contributed by atoms with Gasteiger partial charge in [-0.25, -0.2) is 0 Å². The summed E-state index contributed by atoms with van der Waals surface area (Å²) in [6, 6.07) is 4.56. The van der Waals surface area contributed by atoms with E-state index in [0.29, 0.717) is 0 Å². The maximum atomic E-state index is 6.01. The van der Waals surface area contributed by atoms with Crippen molar-refractivity contribution in [2.45, 2.75) is 32.3 Å². The highest BCUT2D eigenvalue weighted by atomic mass is 79.9. The van der Waals surface area contributed by atoms with Gasteiger partial charge in [0.25, 0.3) is 0 Å². The molecule has 1 N–H and O–H groups in total. The van der Waals surface area contributed by atoms with E-state index in [1.54, 1.807) is 0 Å². The highest BCUT2D eigenvalue weighted by molar-refractivity contribution is 9.10. The van der Waals surface area contributed by atoms with Crippen LogP contribution in [0.4, 0.5) is 0 Å². The fourth-order valence-electron chi connectivity index (χ4n) is 3.10. The first-order valence-electron chi connectivity index (χ1n) is 7.47. The lowest BCUT2D eigenvalue weighted by molar-refractivity contribution is 0.137. The topological polar surface area (TPSA) is 24.5 Å². The number of halogens is 1. The van der Waals surface area contributed by atoms with Crippen LogP contribution in [0.5, 0.6) is 5.75 Å². The Balaban J connectivity index is 1.68. The molecule has 0 unspecified atom stereocenters. The van der Waals surface area contributed by atoms with E-state index in [0.717, 1.165) is 42.7 Å². The molecule has 1 aromatic carbocycles. The average Bonchev–Trinajstić information content (AvgIpc) is 2.73. The Hall–Kier alpha value is -0.580. The van der Waals surface area contributed by atoms with E-state index in [1.807, 2.05) is 0 Å². The van der Waals surface area contributed by atoms with Crippen molar-refractivity contribution in [1.82, 2.24) is 10.2 Å². The number of rotatable bonds is 3.